The lowest BCUT2D eigenvalue weighted by molar-refractivity contribution is 0.439. The van der Waals surface area contributed by atoms with E-state index in [1.807, 2.05) is 0 Å². The molecule has 2 aromatic heterocycles. The zero-order valence-corrected chi connectivity index (χ0v) is 10.1. The Hall–Kier alpha value is -1.20. The second-order valence-electron chi connectivity index (χ2n) is 3.57. The summed E-state index contributed by atoms with van der Waals surface area (Å²) in [5, 5.41) is 15.4. The summed E-state index contributed by atoms with van der Waals surface area (Å²) >= 11 is 1.68. The fraction of sp³-hybridized carbons (Fsp3) is 0.455. The van der Waals surface area contributed by atoms with E-state index in [0.717, 1.165) is 19.4 Å². The van der Waals surface area contributed by atoms with Crippen molar-refractivity contribution in [3.63, 3.8) is 0 Å². The summed E-state index contributed by atoms with van der Waals surface area (Å²) in [6.45, 7) is 3.76. The highest BCUT2D eigenvalue weighted by molar-refractivity contribution is 7.07. The third kappa shape index (κ3) is 3.15. The molecule has 0 aromatic carbocycles. The molecule has 0 spiro atoms. The van der Waals surface area contributed by atoms with Gasteiger partial charge in [0.05, 0.1) is 13.0 Å². The van der Waals surface area contributed by atoms with E-state index < -0.39 is 0 Å². The Morgan fingerprint density at radius 3 is 3.00 bits per heavy atom. The molecular formula is C11H15N3OS. The molecule has 0 amide bonds. The fourth-order valence-electron chi connectivity index (χ4n) is 1.37. The van der Waals surface area contributed by atoms with Crippen LogP contribution in [0.15, 0.2) is 21.2 Å². The summed E-state index contributed by atoms with van der Waals surface area (Å²) in [4.78, 5) is 0. The van der Waals surface area contributed by atoms with Crippen LogP contribution in [-0.4, -0.2) is 16.7 Å². The Labute approximate surface area is 98.7 Å². The van der Waals surface area contributed by atoms with Gasteiger partial charge in [-0.1, -0.05) is 6.92 Å². The lowest BCUT2D eigenvalue weighted by Gasteiger charge is -1.96. The Kier molecular flexibility index (Phi) is 4.07. The van der Waals surface area contributed by atoms with Gasteiger partial charge in [-0.3, -0.25) is 0 Å². The van der Waals surface area contributed by atoms with Gasteiger partial charge in [-0.15, -0.1) is 10.2 Å². The molecule has 2 rings (SSSR count). The molecule has 0 radical (unpaired) electrons. The highest BCUT2D eigenvalue weighted by Crippen LogP contribution is 2.11. The topological polar surface area (TPSA) is 51.0 Å². The largest absolute Gasteiger partial charge is 0.424 e. The number of thiophene rings is 1. The van der Waals surface area contributed by atoms with E-state index in [1.165, 1.54) is 5.56 Å². The van der Waals surface area contributed by atoms with Gasteiger partial charge >= 0.3 is 0 Å². The molecule has 0 fully saturated rings. The van der Waals surface area contributed by atoms with Gasteiger partial charge in [0.1, 0.15) is 0 Å². The Morgan fingerprint density at radius 1 is 1.38 bits per heavy atom. The van der Waals surface area contributed by atoms with Crippen LogP contribution in [0.3, 0.4) is 0 Å². The molecule has 5 heteroatoms. The maximum Gasteiger partial charge on any atom is 0.230 e. The summed E-state index contributed by atoms with van der Waals surface area (Å²) < 4.78 is 5.52. The second-order valence-corrected chi connectivity index (χ2v) is 4.35. The van der Waals surface area contributed by atoms with E-state index in [1.54, 1.807) is 11.3 Å². The van der Waals surface area contributed by atoms with Crippen LogP contribution in [0.2, 0.25) is 0 Å². The minimum Gasteiger partial charge on any atom is -0.424 e. The van der Waals surface area contributed by atoms with Crippen molar-refractivity contribution in [3.8, 4) is 0 Å². The van der Waals surface area contributed by atoms with Gasteiger partial charge < -0.3 is 9.73 Å². The predicted octanol–water partition coefficient (Wildman–Crippen LogP) is 2.22. The highest BCUT2D eigenvalue weighted by atomic mass is 32.1. The minimum absolute atomic E-state index is 0.657. The van der Waals surface area contributed by atoms with Crippen LogP contribution in [0.25, 0.3) is 0 Å². The van der Waals surface area contributed by atoms with Crippen molar-refractivity contribution in [2.45, 2.75) is 26.3 Å². The van der Waals surface area contributed by atoms with Crippen molar-refractivity contribution in [3.05, 3.63) is 34.2 Å². The normalized spacial score (nSPS) is 10.8. The van der Waals surface area contributed by atoms with E-state index >= 15 is 0 Å². The van der Waals surface area contributed by atoms with Crippen molar-refractivity contribution in [2.75, 3.05) is 6.54 Å². The van der Waals surface area contributed by atoms with Gasteiger partial charge in [-0.05, 0) is 35.4 Å². The molecule has 86 valence electrons. The zero-order chi connectivity index (χ0) is 11.2. The number of nitrogens with one attached hydrogen (secondary N) is 1. The molecule has 0 aliphatic carbocycles. The predicted molar refractivity (Wildman–Crippen MR) is 63.4 cm³/mol. The van der Waals surface area contributed by atoms with Crippen LogP contribution >= 0.6 is 11.3 Å². The Bertz CT molecular complexity index is 411. The third-order valence-corrected chi connectivity index (χ3v) is 2.88. The number of hydrogen-bond acceptors (Lipinski definition) is 5. The van der Waals surface area contributed by atoms with Crippen molar-refractivity contribution in [1.82, 2.24) is 15.5 Å². The maximum absolute atomic E-state index is 5.52. The Morgan fingerprint density at radius 2 is 2.25 bits per heavy atom. The van der Waals surface area contributed by atoms with Gasteiger partial charge in [0, 0.05) is 0 Å². The molecular weight excluding hydrogens is 222 g/mol. The third-order valence-electron chi connectivity index (χ3n) is 2.15. The standard InChI is InChI=1S/C11H15N3OS/c1-2-4-12-7-11-14-13-10(15-11)6-9-3-5-16-8-9/h3,5,8,12H,2,4,6-7H2,1H3. The second kappa shape index (κ2) is 5.77. The first kappa shape index (κ1) is 11.3. The molecule has 2 heterocycles. The van der Waals surface area contributed by atoms with Crippen LogP contribution in [0.5, 0.6) is 0 Å². The first-order chi connectivity index (χ1) is 7.88. The molecule has 0 saturated carbocycles. The number of rotatable bonds is 6. The lowest BCUT2D eigenvalue weighted by Crippen LogP contribution is -2.13. The van der Waals surface area contributed by atoms with E-state index in [0.29, 0.717) is 18.3 Å². The first-order valence-corrected chi connectivity index (χ1v) is 6.36. The van der Waals surface area contributed by atoms with Gasteiger partial charge in [0.25, 0.3) is 0 Å². The molecule has 1 N–H and O–H groups in total. The number of nitrogens with zero attached hydrogens (tertiary/aromatic N) is 2. The van der Waals surface area contributed by atoms with E-state index in [9.17, 15) is 0 Å². The molecule has 0 bridgehead atoms. The quantitative estimate of drug-likeness (QED) is 0.783. The van der Waals surface area contributed by atoms with Crippen molar-refractivity contribution in [2.24, 2.45) is 0 Å². The molecule has 0 unspecified atom stereocenters. The van der Waals surface area contributed by atoms with Gasteiger partial charge in [0.2, 0.25) is 11.8 Å². The number of aromatic nitrogens is 2. The summed E-state index contributed by atoms with van der Waals surface area (Å²) in [6, 6.07) is 2.07. The SMILES string of the molecule is CCCNCc1nnc(Cc2ccsc2)o1. The summed E-state index contributed by atoms with van der Waals surface area (Å²) in [6.07, 6.45) is 1.83. The fourth-order valence-corrected chi connectivity index (χ4v) is 2.04. The van der Waals surface area contributed by atoms with Crippen LogP contribution in [0, 0.1) is 0 Å². The average Bonchev–Trinajstić information content (AvgIpc) is 2.91. The molecule has 0 aliphatic rings. The van der Waals surface area contributed by atoms with Gasteiger partial charge in [0.15, 0.2) is 0 Å². The van der Waals surface area contributed by atoms with Crippen LogP contribution in [0.1, 0.15) is 30.7 Å². The van der Waals surface area contributed by atoms with Crippen LogP contribution in [0.4, 0.5) is 0 Å². The highest BCUT2D eigenvalue weighted by Gasteiger charge is 2.06. The molecule has 0 atom stereocenters. The first-order valence-electron chi connectivity index (χ1n) is 5.41. The van der Waals surface area contributed by atoms with Gasteiger partial charge in [-0.2, -0.15) is 11.3 Å². The molecule has 0 saturated heterocycles. The minimum atomic E-state index is 0.657. The molecule has 2 aromatic rings. The molecule has 16 heavy (non-hydrogen) atoms. The maximum atomic E-state index is 5.52. The van der Waals surface area contributed by atoms with Crippen molar-refractivity contribution >= 4 is 11.3 Å². The monoisotopic (exact) mass is 237 g/mol. The van der Waals surface area contributed by atoms with Crippen LogP contribution < -0.4 is 5.32 Å². The summed E-state index contributed by atoms with van der Waals surface area (Å²) in [5.74, 6) is 1.35. The van der Waals surface area contributed by atoms with Crippen molar-refractivity contribution in [1.29, 1.82) is 0 Å². The van der Waals surface area contributed by atoms with Crippen molar-refractivity contribution < 1.29 is 4.42 Å². The van der Waals surface area contributed by atoms with E-state index in [4.69, 9.17) is 4.42 Å². The number of hydrogen-bond donors (Lipinski definition) is 1. The lowest BCUT2D eigenvalue weighted by atomic mass is 10.2. The molecule has 4 nitrogen and oxygen atoms in total. The van der Waals surface area contributed by atoms with Crippen LogP contribution in [-0.2, 0) is 13.0 Å². The summed E-state index contributed by atoms with van der Waals surface area (Å²) in [7, 11) is 0. The average molecular weight is 237 g/mol. The molecule has 0 aliphatic heterocycles. The summed E-state index contributed by atoms with van der Waals surface area (Å²) in [5.41, 5.74) is 1.22. The van der Waals surface area contributed by atoms with E-state index in [2.05, 4.69) is 39.3 Å². The smallest absolute Gasteiger partial charge is 0.230 e. The van der Waals surface area contributed by atoms with E-state index in [-0.39, 0.29) is 0 Å². The Balaban J connectivity index is 1.87. The zero-order valence-electron chi connectivity index (χ0n) is 9.27. The van der Waals surface area contributed by atoms with Gasteiger partial charge in [-0.25, -0.2) is 0 Å².